The number of carboxylic acid groups (broad SMARTS) is 1. The number of nitrogens with zero attached hydrogens (tertiary/aromatic N) is 1. The maximum absolute atomic E-state index is 12.9. The summed E-state index contributed by atoms with van der Waals surface area (Å²) in [6.07, 6.45) is 1.02. The maximum atomic E-state index is 12.9. The second-order valence-electron chi connectivity index (χ2n) is 7.18. The zero-order chi connectivity index (χ0) is 21.0. The van der Waals surface area contributed by atoms with E-state index >= 15 is 0 Å². The number of sulfonamides is 1. The number of carbonyl (C=O) groups is 2. The first kappa shape index (κ1) is 21.0. The van der Waals surface area contributed by atoms with Gasteiger partial charge in [-0.1, -0.05) is 48.0 Å². The molecular formula is C21H24N2O5S. The molecule has 2 N–H and O–H groups in total. The lowest BCUT2D eigenvalue weighted by Gasteiger charge is -2.25. The number of benzene rings is 2. The van der Waals surface area contributed by atoms with Gasteiger partial charge in [0.15, 0.2) is 0 Å². The number of hydrogen-bond donors (Lipinski definition) is 2. The highest BCUT2D eigenvalue weighted by atomic mass is 32.2. The Kier molecular flexibility index (Phi) is 6.34. The smallest absolute Gasteiger partial charge is 0.326 e. The third-order valence-corrected chi connectivity index (χ3v) is 6.92. The minimum Gasteiger partial charge on any atom is -0.480 e. The fourth-order valence-corrected chi connectivity index (χ4v) is 5.24. The first-order valence-electron chi connectivity index (χ1n) is 9.44. The Morgan fingerprint density at radius 1 is 1.17 bits per heavy atom. The van der Waals surface area contributed by atoms with Crippen LogP contribution in [0.3, 0.4) is 0 Å². The molecule has 0 aromatic heterocycles. The van der Waals surface area contributed by atoms with Gasteiger partial charge < -0.3 is 10.4 Å². The maximum Gasteiger partial charge on any atom is 0.326 e. The average molecular weight is 416 g/mol. The van der Waals surface area contributed by atoms with Crippen LogP contribution in [0.1, 0.15) is 24.0 Å². The van der Waals surface area contributed by atoms with Gasteiger partial charge in [-0.25, -0.2) is 13.2 Å². The van der Waals surface area contributed by atoms with Gasteiger partial charge >= 0.3 is 5.97 Å². The molecule has 0 radical (unpaired) electrons. The molecule has 0 unspecified atom stereocenters. The Morgan fingerprint density at radius 3 is 2.55 bits per heavy atom. The van der Waals surface area contributed by atoms with E-state index < -0.39 is 34.0 Å². The van der Waals surface area contributed by atoms with Crippen molar-refractivity contribution in [2.75, 3.05) is 6.54 Å². The van der Waals surface area contributed by atoms with Crippen LogP contribution < -0.4 is 5.32 Å². The summed E-state index contributed by atoms with van der Waals surface area (Å²) < 4.78 is 27.0. The molecule has 0 spiro atoms. The van der Waals surface area contributed by atoms with Gasteiger partial charge in [-0.2, -0.15) is 4.31 Å². The molecule has 0 aliphatic carbocycles. The predicted molar refractivity (Wildman–Crippen MR) is 108 cm³/mol. The van der Waals surface area contributed by atoms with Gasteiger partial charge in [0.1, 0.15) is 12.1 Å². The van der Waals surface area contributed by atoms with Gasteiger partial charge in [0.05, 0.1) is 4.90 Å². The summed E-state index contributed by atoms with van der Waals surface area (Å²) in [7, 11) is -3.83. The second-order valence-corrected chi connectivity index (χ2v) is 9.07. The molecule has 2 atom stereocenters. The molecule has 3 rings (SSSR count). The summed E-state index contributed by atoms with van der Waals surface area (Å²) >= 11 is 0. The molecule has 0 bridgehead atoms. The van der Waals surface area contributed by atoms with Crippen molar-refractivity contribution in [2.24, 2.45) is 0 Å². The number of aliphatic carboxylic acids is 1. The zero-order valence-corrected chi connectivity index (χ0v) is 16.9. The molecule has 7 nitrogen and oxygen atoms in total. The van der Waals surface area contributed by atoms with E-state index in [-0.39, 0.29) is 17.9 Å². The quantitative estimate of drug-likeness (QED) is 0.718. The molecule has 1 fully saturated rings. The first-order valence-corrected chi connectivity index (χ1v) is 10.9. The largest absolute Gasteiger partial charge is 0.480 e. The fraction of sp³-hybridized carbons (Fsp3) is 0.333. The van der Waals surface area contributed by atoms with Gasteiger partial charge in [0.25, 0.3) is 0 Å². The Hall–Kier alpha value is -2.71. The normalized spacial score (nSPS) is 18.3. The third-order valence-electron chi connectivity index (χ3n) is 4.99. The molecule has 1 saturated heterocycles. The van der Waals surface area contributed by atoms with Gasteiger partial charge in [-0.3, -0.25) is 4.79 Å². The van der Waals surface area contributed by atoms with Crippen LogP contribution >= 0.6 is 0 Å². The van der Waals surface area contributed by atoms with E-state index in [1.54, 1.807) is 24.3 Å². The van der Waals surface area contributed by atoms with Crippen molar-refractivity contribution in [3.05, 3.63) is 65.7 Å². The van der Waals surface area contributed by atoms with Crippen molar-refractivity contribution in [3.8, 4) is 0 Å². The minimum atomic E-state index is -3.83. The van der Waals surface area contributed by atoms with Gasteiger partial charge in [0.2, 0.25) is 15.9 Å². The van der Waals surface area contributed by atoms with Crippen molar-refractivity contribution in [1.82, 2.24) is 9.62 Å². The van der Waals surface area contributed by atoms with Crippen LogP contribution in [0.15, 0.2) is 59.5 Å². The Bertz CT molecular complexity index is 991. The van der Waals surface area contributed by atoms with E-state index in [4.69, 9.17) is 0 Å². The van der Waals surface area contributed by atoms with Crippen LogP contribution in [0.2, 0.25) is 0 Å². The number of hydrogen-bond acceptors (Lipinski definition) is 4. The summed E-state index contributed by atoms with van der Waals surface area (Å²) in [5.74, 6) is -1.74. The zero-order valence-electron chi connectivity index (χ0n) is 16.1. The van der Waals surface area contributed by atoms with Gasteiger partial charge in [0, 0.05) is 13.0 Å². The summed E-state index contributed by atoms with van der Waals surface area (Å²) in [6, 6.07) is 13.3. The van der Waals surface area contributed by atoms with E-state index in [0.29, 0.717) is 12.8 Å². The molecule has 1 aliphatic heterocycles. The summed E-state index contributed by atoms with van der Waals surface area (Å²) in [5.41, 5.74) is 1.78. The lowest BCUT2D eigenvalue weighted by molar-refractivity contribution is -0.142. The third kappa shape index (κ3) is 4.83. The van der Waals surface area contributed by atoms with E-state index in [1.165, 1.54) is 16.4 Å². The number of rotatable bonds is 7. The predicted octanol–water partition coefficient (Wildman–Crippen LogP) is 1.96. The van der Waals surface area contributed by atoms with Crippen LogP contribution in [0, 0.1) is 6.92 Å². The van der Waals surface area contributed by atoms with Gasteiger partial charge in [-0.15, -0.1) is 0 Å². The summed E-state index contributed by atoms with van der Waals surface area (Å²) in [6.45, 7) is 2.13. The topological polar surface area (TPSA) is 104 Å². The molecule has 2 aromatic rings. The molecule has 0 saturated carbocycles. The van der Waals surface area contributed by atoms with Crippen molar-refractivity contribution < 1.29 is 23.1 Å². The number of nitrogens with one attached hydrogen (secondary N) is 1. The van der Waals surface area contributed by atoms with E-state index in [1.807, 2.05) is 25.1 Å². The van der Waals surface area contributed by atoms with Crippen LogP contribution in [0.4, 0.5) is 0 Å². The van der Waals surface area contributed by atoms with E-state index in [0.717, 1.165) is 11.1 Å². The molecule has 2 aromatic carbocycles. The fourth-order valence-electron chi connectivity index (χ4n) is 3.56. The number of carbonyl (C=O) groups excluding carboxylic acids is 1. The molecule has 8 heteroatoms. The summed E-state index contributed by atoms with van der Waals surface area (Å²) in [4.78, 5) is 24.6. The van der Waals surface area contributed by atoms with Crippen molar-refractivity contribution >= 4 is 21.9 Å². The summed E-state index contributed by atoms with van der Waals surface area (Å²) in [5, 5.41) is 12.1. The highest BCUT2D eigenvalue weighted by molar-refractivity contribution is 7.89. The monoisotopic (exact) mass is 416 g/mol. The molecule has 29 heavy (non-hydrogen) atoms. The molecule has 1 amide bonds. The minimum absolute atomic E-state index is 0.120. The Labute approximate surface area is 170 Å². The lowest BCUT2D eigenvalue weighted by Crippen LogP contribution is -2.51. The highest BCUT2D eigenvalue weighted by Crippen LogP contribution is 2.26. The van der Waals surface area contributed by atoms with Crippen molar-refractivity contribution in [3.63, 3.8) is 0 Å². The average Bonchev–Trinajstić information content (AvgIpc) is 3.19. The number of amides is 1. The van der Waals surface area contributed by atoms with Gasteiger partial charge in [-0.05, 0) is 37.5 Å². The van der Waals surface area contributed by atoms with Crippen LogP contribution in [0.5, 0.6) is 0 Å². The molecule has 154 valence electrons. The first-order chi connectivity index (χ1) is 13.8. The second kappa shape index (κ2) is 8.75. The molecule has 1 aliphatic rings. The highest BCUT2D eigenvalue weighted by Gasteiger charge is 2.40. The van der Waals surface area contributed by atoms with E-state index in [9.17, 15) is 23.1 Å². The molecular weight excluding hydrogens is 392 g/mol. The number of carboxylic acids is 1. The lowest BCUT2D eigenvalue weighted by atomic mass is 10.0. The van der Waals surface area contributed by atoms with E-state index in [2.05, 4.69) is 5.32 Å². The van der Waals surface area contributed by atoms with Crippen LogP contribution in [-0.4, -0.2) is 48.3 Å². The Morgan fingerprint density at radius 2 is 1.90 bits per heavy atom. The Balaban J connectivity index is 1.76. The van der Waals surface area contributed by atoms with Crippen molar-refractivity contribution in [1.29, 1.82) is 0 Å². The standard InChI is InChI=1S/C21H24N2O5S/c1-15-7-5-8-16(13-15)14-18(21(25)26)22-20(24)19-11-6-12-23(19)29(27,28)17-9-3-2-4-10-17/h2-5,7-10,13,18-19H,6,11-12,14H2,1H3,(H,22,24)(H,25,26)/t18-,19-/m0/s1. The number of aryl methyl sites for hydroxylation is 1. The molecule has 1 heterocycles. The van der Waals surface area contributed by atoms with Crippen LogP contribution in [-0.2, 0) is 26.0 Å². The SMILES string of the molecule is Cc1cccc(C[C@H](NC(=O)[C@@H]2CCCN2S(=O)(=O)c2ccccc2)C(=O)O)c1. The van der Waals surface area contributed by atoms with Crippen molar-refractivity contribution in [2.45, 2.75) is 43.2 Å². The van der Waals surface area contributed by atoms with Crippen LogP contribution in [0.25, 0.3) is 0 Å².